The maximum atomic E-state index is 13.4. The van der Waals surface area contributed by atoms with Gasteiger partial charge in [-0.25, -0.2) is 8.78 Å². The largest absolute Gasteiger partial charge is 0.482 e. The van der Waals surface area contributed by atoms with Crippen LogP contribution in [-0.2, 0) is 4.79 Å². The van der Waals surface area contributed by atoms with Gasteiger partial charge in [0, 0.05) is 18.6 Å². The number of halogens is 2. The maximum absolute atomic E-state index is 13.4. The van der Waals surface area contributed by atoms with Crippen LogP contribution in [0, 0.1) is 11.6 Å². The van der Waals surface area contributed by atoms with E-state index in [1.165, 1.54) is 6.92 Å². The molecule has 0 fully saturated rings. The van der Waals surface area contributed by atoms with Gasteiger partial charge in [0.1, 0.15) is 5.82 Å². The van der Waals surface area contributed by atoms with Crippen LogP contribution in [0.15, 0.2) is 42.5 Å². The second-order valence-corrected chi connectivity index (χ2v) is 5.33. The summed E-state index contributed by atoms with van der Waals surface area (Å²) in [5, 5.41) is 2.74. The molecule has 0 aliphatic rings. The van der Waals surface area contributed by atoms with Crippen molar-refractivity contribution in [3.63, 3.8) is 0 Å². The Morgan fingerprint density at radius 3 is 2.38 bits per heavy atom. The Morgan fingerprint density at radius 2 is 1.79 bits per heavy atom. The number of nitrogens with one attached hydrogen (secondary N) is 1. The summed E-state index contributed by atoms with van der Waals surface area (Å²) < 4.78 is 31.3. The minimum Gasteiger partial charge on any atom is -0.482 e. The lowest BCUT2D eigenvalue weighted by molar-refractivity contribution is -0.119. The summed E-state index contributed by atoms with van der Waals surface area (Å²) in [5.74, 6) is -2.23. The van der Waals surface area contributed by atoms with Crippen LogP contribution in [0.1, 0.15) is 35.8 Å². The number of hydrogen-bond acceptors (Lipinski definition) is 3. The molecule has 2 rings (SSSR count). The standard InChI is InChI=1S/C18H17F2NO3/c1-11(21-12(2)22)13-3-5-14(6-4-13)17(23)10-24-18-8-7-15(19)9-16(18)20/h3-9,11H,10H2,1-2H3,(H,21,22)/t11-/m0/s1. The van der Waals surface area contributed by atoms with Gasteiger partial charge in [0.2, 0.25) is 5.91 Å². The molecule has 2 aromatic rings. The number of hydrogen-bond donors (Lipinski definition) is 1. The molecule has 126 valence electrons. The molecule has 0 heterocycles. The van der Waals surface area contributed by atoms with Gasteiger partial charge in [-0.2, -0.15) is 0 Å². The number of carbonyl (C=O) groups excluding carboxylic acids is 2. The molecule has 1 atom stereocenters. The van der Waals surface area contributed by atoms with E-state index in [9.17, 15) is 18.4 Å². The maximum Gasteiger partial charge on any atom is 0.217 e. The number of rotatable bonds is 6. The van der Waals surface area contributed by atoms with Gasteiger partial charge in [-0.1, -0.05) is 24.3 Å². The molecule has 0 unspecified atom stereocenters. The third-order valence-corrected chi connectivity index (χ3v) is 3.41. The number of carbonyl (C=O) groups is 2. The zero-order valence-corrected chi connectivity index (χ0v) is 13.3. The molecule has 0 saturated heterocycles. The Kier molecular flexibility index (Phi) is 5.63. The topological polar surface area (TPSA) is 55.4 Å². The van der Waals surface area contributed by atoms with Crippen LogP contribution < -0.4 is 10.1 Å². The molecule has 0 saturated carbocycles. The summed E-state index contributed by atoms with van der Waals surface area (Å²) in [6.45, 7) is 2.90. The van der Waals surface area contributed by atoms with Gasteiger partial charge < -0.3 is 10.1 Å². The average Bonchev–Trinajstić information content (AvgIpc) is 2.53. The van der Waals surface area contributed by atoms with E-state index in [1.807, 2.05) is 6.92 Å². The van der Waals surface area contributed by atoms with Crippen molar-refractivity contribution >= 4 is 11.7 Å². The van der Waals surface area contributed by atoms with Crippen LogP contribution in [0.3, 0.4) is 0 Å². The second-order valence-electron chi connectivity index (χ2n) is 5.33. The smallest absolute Gasteiger partial charge is 0.217 e. The Morgan fingerprint density at radius 1 is 1.12 bits per heavy atom. The first-order chi connectivity index (χ1) is 11.4. The van der Waals surface area contributed by atoms with E-state index in [4.69, 9.17) is 4.74 Å². The van der Waals surface area contributed by atoms with E-state index >= 15 is 0 Å². The summed E-state index contributed by atoms with van der Waals surface area (Å²) in [5.41, 5.74) is 1.25. The second kappa shape index (κ2) is 7.68. The molecule has 0 aliphatic heterocycles. The average molecular weight is 333 g/mol. The van der Waals surface area contributed by atoms with Gasteiger partial charge in [-0.05, 0) is 24.6 Å². The fourth-order valence-corrected chi connectivity index (χ4v) is 2.16. The van der Waals surface area contributed by atoms with E-state index in [2.05, 4.69) is 5.32 Å². The number of ether oxygens (including phenoxy) is 1. The summed E-state index contributed by atoms with van der Waals surface area (Å²) in [6, 6.07) is 9.39. The minimum atomic E-state index is -0.859. The zero-order valence-electron chi connectivity index (χ0n) is 13.3. The highest BCUT2D eigenvalue weighted by Gasteiger charge is 2.12. The van der Waals surface area contributed by atoms with Gasteiger partial charge in [0.05, 0.1) is 6.04 Å². The summed E-state index contributed by atoms with van der Waals surface area (Å²) in [7, 11) is 0. The van der Waals surface area contributed by atoms with E-state index in [0.717, 1.165) is 17.7 Å². The van der Waals surface area contributed by atoms with Crippen LogP contribution in [0.4, 0.5) is 8.78 Å². The van der Waals surface area contributed by atoms with Crippen molar-refractivity contribution in [3.05, 3.63) is 65.2 Å². The van der Waals surface area contributed by atoms with E-state index in [-0.39, 0.29) is 30.1 Å². The Hall–Kier alpha value is -2.76. The Labute approximate surface area is 138 Å². The fourth-order valence-electron chi connectivity index (χ4n) is 2.16. The SMILES string of the molecule is CC(=O)N[C@@H](C)c1ccc(C(=O)COc2ccc(F)cc2F)cc1. The Balaban J connectivity index is 1.98. The molecule has 2 aromatic carbocycles. The molecule has 4 nitrogen and oxygen atoms in total. The summed E-state index contributed by atoms with van der Waals surface area (Å²) in [6.07, 6.45) is 0. The number of benzene rings is 2. The molecule has 0 aliphatic carbocycles. The highest BCUT2D eigenvalue weighted by molar-refractivity contribution is 5.97. The van der Waals surface area contributed by atoms with E-state index in [0.29, 0.717) is 11.6 Å². The highest BCUT2D eigenvalue weighted by Crippen LogP contribution is 2.18. The van der Waals surface area contributed by atoms with Gasteiger partial charge in [0.15, 0.2) is 24.0 Å². The van der Waals surface area contributed by atoms with Crippen molar-refractivity contribution in [2.24, 2.45) is 0 Å². The first kappa shape index (κ1) is 17.6. The van der Waals surface area contributed by atoms with Gasteiger partial charge in [-0.15, -0.1) is 0 Å². The van der Waals surface area contributed by atoms with Crippen molar-refractivity contribution in [2.45, 2.75) is 19.9 Å². The number of amides is 1. The molecule has 24 heavy (non-hydrogen) atoms. The molecular weight excluding hydrogens is 316 g/mol. The first-order valence-electron chi connectivity index (χ1n) is 7.35. The van der Waals surface area contributed by atoms with Crippen molar-refractivity contribution in [1.82, 2.24) is 5.32 Å². The molecule has 6 heteroatoms. The van der Waals surface area contributed by atoms with E-state index in [1.54, 1.807) is 24.3 Å². The quantitative estimate of drug-likeness (QED) is 0.824. The molecular formula is C18H17F2NO3. The lowest BCUT2D eigenvalue weighted by Gasteiger charge is -2.13. The number of Topliss-reactive ketones (excluding diaryl/α,β-unsaturated/α-hetero) is 1. The monoisotopic (exact) mass is 333 g/mol. The van der Waals surface area contributed by atoms with Crippen LogP contribution in [0.25, 0.3) is 0 Å². The molecule has 0 bridgehead atoms. The normalized spacial score (nSPS) is 11.7. The fraction of sp³-hybridized carbons (Fsp3) is 0.222. The predicted octanol–water partition coefficient (Wildman–Crippen LogP) is 3.42. The third-order valence-electron chi connectivity index (χ3n) is 3.41. The molecule has 0 radical (unpaired) electrons. The molecule has 1 amide bonds. The van der Waals surface area contributed by atoms with Crippen molar-refractivity contribution in [3.8, 4) is 5.75 Å². The summed E-state index contributed by atoms with van der Waals surface area (Å²) in [4.78, 5) is 23.1. The lowest BCUT2D eigenvalue weighted by atomic mass is 10.0. The van der Waals surface area contributed by atoms with Crippen molar-refractivity contribution in [1.29, 1.82) is 0 Å². The van der Waals surface area contributed by atoms with Gasteiger partial charge >= 0.3 is 0 Å². The summed E-state index contributed by atoms with van der Waals surface area (Å²) >= 11 is 0. The van der Waals surface area contributed by atoms with E-state index < -0.39 is 11.6 Å². The third kappa shape index (κ3) is 4.62. The first-order valence-corrected chi connectivity index (χ1v) is 7.35. The Bertz CT molecular complexity index is 744. The van der Waals surface area contributed by atoms with Crippen molar-refractivity contribution in [2.75, 3.05) is 6.61 Å². The number of ketones is 1. The lowest BCUT2D eigenvalue weighted by Crippen LogP contribution is -2.23. The van der Waals surface area contributed by atoms with Crippen LogP contribution in [-0.4, -0.2) is 18.3 Å². The molecule has 0 aromatic heterocycles. The molecule has 0 spiro atoms. The van der Waals surface area contributed by atoms with Gasteiger partial charge in [0.25, 0.3) is 0 Å². The zero-order chi connectivity index (χ0) is 17.7. The van der Waals surface area contributed by atoms with Crippen LogP contribution in [0.2, 0.25) is 0 Å². The van der Waals surface area contributed by atoms with Crippen molar-refractivity contribution < 1.29 is 23.1 Å². The highest BCUT2D eigenvalue weighted by atomic mass is 19.1. The van der Waals surface area contributed by atoms with Crippen LogP contribution in [0.5, 0.6) is 5.75 Å². The minimum absolute atomic E-state index is 0.141. The molecule has 1 N–H and O–H groups in total. The predicted molar refractivity (Wildman–Crippen MR) is 84.9 cm³/mol. The van der Waals surface area contributed by atoms with Gasteiger partial charge in [-0.3, -0.25) is 9.59 Å². The van der Waals surface area contributed by atoms with Crippen LogP contribution >= 0.6 is 0 Å².